The first kappa shape index (κ1) is 14.7. The molecule has 1 unspecified atom stereocenters. The molecule has 0 radical (unpaired) electrons. The van der Waals surface area contributed by atoms with Gasteiger partial charge in [0.15, 0.2) is 0 Å². The Bertz CT molecular complexity index is 575. The summed E-state index contributed by atoms with van der Waals surface area (Å²) in [6.45, 7) is 0. The van der Waals surface area contributed by atoms with Gasteiger partial charge in [-0.05, 0) is 19.3 Å². The van der Waals surface area contributed by atoms with E-state index in [4.69, 9.17) is 15.6 Å². The van der Waals surface area contributed by atoms with E-state index < -0.39 is 0 Å². The van der Waals surface area contributed by atoms with Crippen molar-refractivity contribution in [3.05, 3.63) is 40.7 Å². The third-order valence-electron chi connectivity index (χ3n) is 4.44. The summed E-state index contributed by atoms with van der Waals surface area (Å²) >= 11 is 1.69. The Hall–Kier alpha value is -1.27. The van der Waals surface area contributed by atoms with E-state index in [2.05, 4.69) is 22.9 Å². The van der Waals surface area contributed by atoms with Gasteiger partial charge in [-0.3, -0.25) is 11.3 Å². The lowest BCUT2D eigenvalue weighted by Gasteiger charge is -2.46. The Morgan fingerprint density at radius 3 is 2.71 bits per heavy atom. The van der Waals surface area contributed by atoms with Crippen LogP contribution >= 0.6 is 11.3 Å². The van der Waals surface area contributed by atoms with Crippen molar-refractivity contribution < 1.29 is 4.74 Å². The SMILES string of the molecule is COC1(C(Cc2nc(-c3ccccc3)cs2)NN)CCC1. The predicted molar refractivity (Wildman–Crippen MR) is 86.0 cm³/mol. The highest BCUT2D eigenvalue weighted by atomic mass is 32.1. The van der Waals surface area contributed by atoms with Gasteiger partial charge in [-0.25, -0.2) is 4.98 Å². The van der Waals surface area contributed by atoms with E-state index in [0.29, 0.717) is 0 Å². The minimum Gasteiger partial charge on any atom is -0.377 e. The second kappa shape index (κ2) is 6.23. The number of thiazole rings is 1. The molecule has 0 amide bonds. The van der Waals surface area contributed by atoms with Gasteiger partial charge in [-0.1, -0.05) is 30.3 Å². The van der Waals surface area contributed by atoms with E-state index in [1.165, 1.54) is 6.42 Å². The molecule has 1 fully saturated rings. The van der Waals surface area contributed by atoms with Crippen molar-refractivity contribution in [2.75, 3.05) is 7.11 Å². The van der Waals surface area contributed by atoms with Crippen LogP contribution in [0.2, 0.25) is 0 Å². The van der Waals surface area contributed by atoms with Crippen molar-refractivity contribution in [2.24, 2.45) is 5.84 Å². The molecule has 0 bridgehead atoms. The first-order valence-electron chi connectivity index (χ1n) is 7.28. The number of nitrogens with one attached hydrogen (secondary N) is 1. The summed E-state index contributed by atoms with van der Waals surface area (Å²) < 4.78 is 5.72. The zero-order valence-electron chi connectivity index (χ0n) is 12.2. The molecular formula is C16H21N3OS. The molecule has 2 aromatic rings. The van der Waals surface area contributed by atoms with Gasteiger partial charge in [0, 0.05) is 24.5 Å². The molecule has 1 saturated carbocycles. The van der Waals surface area contributed by atoms with Crippen molar-refractivity contribution >= 4 is 11.3 Å². The number of rotatable bonds is 6. The lowest BCUT2D eigenvalue weighted by Crippen LogP contribution is -2.59. The number of hydrogen-bond donors (Lipinski definition) is 2. The average molecular weight is 303 g/mol. The number of methoxy groups -OCH3 is 1. The Balaban J connectivity index is 1.74. The third kappa shape index (κ3) is 2.87. The van der Waals surface area contributed by atoms with Crippen molar-refractivity contribution in [3.8, 4) is 11.3 Å². The standard InChI is InChI=1S/C16H21N3OS/c1-20-16(8-5-9-16)14(19-17)10-15-18-13(11-21-15)12-6-3-2-4-7-12/h2-4,6-7,11,14,19H,5,8-10,17H2,1H3. The van der Waals surface area contributed by atoms with Crippen LogP contribution in [0, 0.1) is 0 Å². The summed E-state index contributed by atoms with van der Waals surface area (Å²) in [6.07, 6.45) is 4.14. The van der Waals surface area contributed by atoms with Gasteiger partial charge in [-0.15, -0.1) is 11.3 Å². The van der Waals surface area contributed by atoms with Crippen LogP contribution in [0.3, 0.4) is 0 Å². The number of ether oxygens (including phenoxy) is 1. The molecule has 0 spiro atoms. The van der Waals surface area contributed by atoms with Gasteiger partial charge in [0.2, 0.25) is 0 Å². The number of hydrazine groups is 1. The summed E-state index contributed by atoms with van der Waals surface area (Å²) in [5, 5.41) is 3.21. The molecule has 1 atom stereocenters. The van der Waals surface area contributed by atoms with Crippen LogP contribution < -0.4 is 11.3 Å². The van der Waals surface area contributed by atoms with Crippen molar-refractivity contribution in [2.45, 2.75) is 37.3 Å². The molecular weight excluding hydrogens is 282 g/mol. The van der Waals surface area contributed by atoms with Crippen LogP contribution in [-0.2, 0) is 11.2 Å². The molecule has 3 rings (SSSR count). The molecule has 1 heterocycles. The molecule has 5 heteroatoms. The van der Waals surface area contributed by atoms with Gasteiger partial charge in [-0.2, -0.15) is 0 Å². The summed E-state index contributed by atoms with van der Waals surface area (Å²) in [5.41, 5.74) is 5.01. The van der Waals surface area contributed by atoms with E-state index >= 15 is 0 Å². The monoisotopic (exact) mass is 303 g/mol. The second-order valence-corrected chi connectivity index (χ2v) is 6.48. The molecule has 0 saturated heterocycles. The van der Waals surface area contributed by atoms with Crippen LogP contribution in [0.15, 0.2) is 35.7 Å². The average Bonchev–Trinajstić information content (AvgIpc) is 2.95. The maximum atomic E-state index is 5.76. The summed E-state index contributed by atoms with van der Waals surface area (Å²) in [6, 6.07) is 10.4. The fraction of sp³-hybridized carbons (Fsp3) is 0.438. The minimum atomic E-state index is -0.118. The van der Waals surface area contributed by atoms with E-state index in [1.54, 1.807) is 18.4 Å². The van der Waals surface area contributed by atoms with E-state index in [1.807, 2.05) is 18.2 Å². The number of aromatic nitrogens is 1. The van der Waals surface area contributed by atoms with Gasteiger partial charge < -0.3 is 4.74 Å². The zero-order valence-corrected chi connectivity index (χ0v) is 13.0. The lowest BCUT2D eigenvalue weighted by atomic mass is 9.73. The topological polar surface area (TPSA) is 60.2 Å². The summed E-state index contributed by atoms with van der Waals surface area (Å²) in [4.78, 5) is 4.74. The van der Waals surface area contributed by atoms with Crippen LogP contribution in [0.4, 0.5) is 0 Å². The Morgan fingerprint density at radius 2 is 2.14 bits per heavy atom. The molecule has 0 aliphatic heterocycles. The molecule has 1 aliphatic rings. The molecule has 1 aliphatic carbocycles. The van der Waals surface area contributed by atoms with Gasteiger partial charge in [0.05, 0.1) is 22.3 Å². The quantitative estimate of drug-likeness (QED) is 0.636. The van der Waals surface area contributed by atoms with Crippen molar-refractivity contribution in [3.63, 3.8) is 0 Å². The Kier molecular flexibility index (Phi) is 4.35. The van der Waals surface area contributed by atoms with Crippen LogP contribution in [0.25, 0.3) is 11.3 Å². The first-order valence-corrected chi connectivity index (χ1v) is 8.16. The van der Waals surface area contributed by atoms with Gasteiger partial charge in [0.1, 0.15) is 0 Å². The molecule has 4 nitrogen and oxygen atoms in total. The molecule has 21 heavy (non-hydrogen) atoms. The summed E-state index contributed by atoms with van der Waals surface area (Å²) in [7, 11) is 1.78. The first-order chi connectivity index (χ1) is 10.3. The Labute approximate surface area is 129 Å². The molecule has 112 valence electrons. The van der Waals surface area contributed by atoms with Crippen LogP contribution in [0.1, 0.15) is 24.3 Å². The number of hydrogen-bond acceptors (Lipinski definition) is 5. The number of nitrogens with two attached hydrogens (primary N) is 1. The largest absolute Gasteiger partial charge is 0.377 e. The number of nitrogens with zero attached hydrogens (tertiary/aromatic N) is 1. The minimum absolute atomic E-state index is 0.117. The lowest BCUT2D eigenvalue weighted by molar-refractivity contribution is -0.0982. The van der Waals surface area contributed by atoms with E-state index in [9.17, 15) is 0 Å². The predicted octanol–water partition coefficient (Wildman–Crippen LogP) is 2.75. The zero-order chi connectivity index (χ0) is 14.7. The van der Waals surface area contributed by atoms with E-state index in [-0.39, 0.29) is 11.6 Å². The fourth-order valence-electron chi connectivity index (χ4n) is 2.94. The maximum Gasteiger partial charge on any atom is 0.0949 e. The highest BCUT2D eigenvalue weighted by molar-refractivity contribution is 7.09. The van der Waals surface area contributed by atoms with Crippen molar-refractivity contribution in [1.82, 2.24) is 10.4 Å². The normalized spacial score (nSPS) is 18.2. The van der Waals surface area contributed by atoms with Gasteiger partial charge >= 0.3 is 0 Å². The second-order valence-electron chi connectivity index (χ2n) is 5.54. The Morgan fingerprint density at radius 1 is 1.38 bits per heavy atom. The van der Waals surface area contributed by atoms with Crippen LogP contribution in [0.5, 0.6) is 0 Å². The third-order valence-corrected chi connectivity index (χ3v) is 5.31. The fourth-order valence-corrected chi connectivity index (χ4v) is 3.79. The van der Waals surface area contributed by atoms with Crippen LogP contribution in [-0.4, -0.2) is 23.7 Å². The highest BCUT2D eigenvalue weighted by Crippen LogP contribution is 2.39. The van der Waals surface area contributed by atoms with Crippen molar-refractivity contribution in [1.29, 1.82) is 0 Å². The van der Waals surface area contributed by atoms with E-state index in [0.717, 1.165) is 35.5 Å². The molecule has 1 aromatic carbocycles. The molecule has 3 N–H and O–H groups in total. The summed E-state index contributed by atoms with van der Waals surface area (Å²) in [5.74, 6) is 5.76. The molecule has 1 aromatic heterocycles. The smallest absolute Gasteiger partial charge is 0.0949 e. The maximum absolute atomic E-state index is 5.76. The van der Waals surface area contributed by atoms with Gasteiger partial charge in [0.25, 0.3) is 0 Å². The highest BCUT2D eigenvalue weighted by Gasteiger charge is 2.44. The number of benzene rings is 1.